The van der Waals surface area contributed by atoms with Crippen LogP contribution in [0.2, 0.25) is 0 Å². The van der Waals surface area contributed by atoms with E-state index in [1.54, 1.807) is 0 Å². The first-order valence-electron chi connectivity index (χ1n) is 3.83. The summed E-state index contributed by atoms with van der Waals surface area (Å²) in [6, 6.07) is 2.14. The molecule has 0 heterocycles. The molecule has 0 spiro atoms. The highest BCUT2D eigenvalue weighted by atomic mass is 79.9. The number of ketones is 1. The predicted octanol–water partition coefficient (Wildman–Crippen LogP) is 1.46. The van der Waals surface area contributed by atoms with E-state index in [0.717, 1.165) is 12.1 Å². The van der Waals surface area contributed by atoms with Gasteiger partial charge in [0.1, 0.15) is 11.3 Å². The van der Waals surface area contributed by atoms with Gasteiger partial charge in [0.25, 0.3) is 5.69 Å². The van der Waals surface area contributed by atoms with Crippen LogP contribution >= 0.6 is 15.9 Å². The number of nitro groups is 1. The van der Waals surface area contributed by atoms with E-state index in [1.807, 2.05) is 0 Å². The van der Waals surface area contributed by atoms with E-state index < -0.39 is 22.1 Å². The molecule has 0 bridgehead atoms. The smallest absolute Gasteiger partial charge is 0.286 e. The second-order valence-corrected chi connectivity index (χ2v) is 3.31. The van der Waals surface area contributed by atoms with Gasteiger partial charge in [0, 0.05) is 17.8 Å². The number of Topliss-reactive ketones (excluding diaryl/α,β-unsaturated/α-hetero) is 1. The van der Waals surface area contributed by atoms with E-state index in [-0.39, 0.29) is 16.6 Å². The number of benzene rings is 1. The third-order valence-corrected chi connectivity index (χ3v) is 2.23. The summed E-state index contributed by atoms with van der Waals surface area (Å²) in [5, 5.41) is 19.9. The molecule has 80 valence electrons. The largest absolute Gasteiger partial charge is 0.507 e. The summed E-state index contributed by atoms with van der Waals surface area (Å²) >= 11 is 2.87. The van der Waals surface area contributed by atoms with Crippen molar-refractivity contribution in [2.45, 2.75) is 0 Å². The normalized spacial score (nSPS) is 9.93. The average molecular weight is 275 g/mol. The van der Waals surface area contributed by atoms with Crippen LogP contribution in [0.5, 0.6) is 5.75 Å². The predicted molar refractivity (Wildman–Crippen MR) is 57.3 cm³/mol. The van der Waals surface area contributed by atoms with Gasteiger partial charge in [0.05, 0.1) is 10.3 Å². The minimum atomic E-state index is -0.758. The Balaban J connectivity index is 3.46. The van der Waals surface area contributed by atoms with Gasteiger partial charge in [0.2, 0.25) is 0 Å². The van der Waals surface area contributed by atoms with Crippen molar-refractivity contribution in [1.82, 2.24) is 0 Å². The third kappa shape index (κ3) is 2.24. The van der Waals surface area contributed by atoms with Crippen LogP contribution in [0.3, 0.4) is 0 Å². The van der Waals surface area contributed by atoms with Crippen molar-refractivity contribution in [2.24, 2.45) is 0 Å². The zero-order valence-corrected chi connectivity index (χ0v) is 9.02. The number of anilines is 1. The number of rotatable bonds is 3. The standard InChI is InChI=1S/C8H7BrN2O4/c9-3-7(13)8-5(11(14)15)1-4(10)2-6(8)12/h1-2,12H,3,10H2. The summed E-state index contributed by atoms with van der Waals surface area (Å²) in [6.45, 7) is 0. The number of phenols is 1. The second kappa shape index (κ2) is 4.26. The van der Waals surface area contributed by atoms with E-state index in [1.165, 1.54) is 0 Å². The fourth-order valence-corrected chi connectivity index (χ4v) is 1.41. The van der Waals surface area contributed by atoms with Gasteiger partial charge in [-0.25, -0.2) is 0 Å². The van der Waals surface area contributed by atoms with Crippen molar-refractivity contribution in [3.63, 3.8) is 0 Å². The first kappa shape index (κ1) is 11.4. The Morgan fingerprint density at radius 2 is 2.20 bits per heavy atom. The first-order chi connectivity index (χ1) is 6.97. The number of carbonyl (C=O) groups is 1. The van der Waals surface area contributed by atoms with E-state index in [0.29, 0.717) is 0 Å². The van der Waals surface area contributed by atoms with E-state index in [2.05, 4.69) is 15.9 Å². The van der Waals surface area contributed by atoms with Gasteiger partial charge in [-0.1, -0.05) is 15.9 Å². The van der Waals surface area contributed by atoms with Crippen molar-refractivity contribution in [3.05, 3.63) is 27.8 Å². The SMILES string of the molecule is Nc1cc(O)c(C(=O)CBr)c([N+](=O)[O-])c1. The lowest BCUT2D eigenvalue weighted by Gasteiger charge is -2.04. The molecule has 3 N–H and O–H groups in total. The van der Waals surface area contributed by atoms with Crippen molar-refractivity contribution < 1.29 is 14.8 Å². The number of nitrogens with two attached hydrogens (primary N) is 1. The quantitative estimate of drug-likeness (QED) is 0.285. The molecule has 0 aliphatic carbocycles. The summed E-state index contributed by atoms with van der Waals surface area (Å²) in [5.74, 6) is -1.05. The fraction of sp³-hybridized carbons (Fsp3) is 0.125. The number of hydrogen-bond donors (Lipinski definition) is 2. The Morgan fingerprint density at radius 1 is 1.60 bits per heavy atom. The van der Waals surface area contributed by atoms with E-state index >= 15 is 0 Å². The summed E-state index contributed by atoms with van der Waals surface area (Å²) in [4.78, 5) is 21.2. The monoisotopic (exact) mass is 274 g/mol. The van der Waals surface area contributed by atoms with Crippen molar-refractivity contribution in [1.29, 1.82) is 0 Å². The van der Waals surface area contributed by atoms with Gasteiger partial charge in [0.15, 0.2) is 5.78 Å². The molecule has 0 amide bonds. The van der Waals surface area contributed by atoms with Gasteiger partial charge in [-0.15, -0.1) is 0 Å². The molecule has 6 nitrogen and oxygen atoms in total. The summed E-state index contributed by atoms with van der Waals surface area (Å²) in [6.07, 6.45) is 0. The van der Waals surface area contributed by atoms with E-state index in [4.69, 9.17) is 5.73 Å². The average Bonchev–Trinajstić information content (AvgIpc) is 2.15. The summed E-state index contributed by atoms with van der Waals surface area (Å²) in [5.41, 5.74) is 4.54. The van der Waals surface area contributed by atoms with Crippen molar-refractivity contribution in [2.75, 3.05) is 11.1 Å². The maximum atomic E-state index is 11.3. The van der Waals surface area contributed by atoms with Crippen LogP contribution in [0.25, 0.3) is 0 Å². The lowest BCUT2D eigenvalue weighted by atomic mass is 10.1. The molecule has 1 rings (SSSR count). The molecular formula is C8H7BrN2O4. The highest BCUT2D eigenvalue weighted by molar-refractivity contribution is 9.09. The molecular weight excluding hydrogens is 268 g/mol. The number of halogens is 1. The Labute approximate surface area is 93.0 Å². The Bertz CT molecular complexity index is 433. The van der Waals surface area contributed by atoms with Crippen LogP contribution in [0.15, 0.2) is 12.1 Å². The number of nitrogens with zero attached hydrogens (tertiary/aromatic N) is 1. The first-order valence-corrected chi connectivity index (χ1v) is 4.95. The molecule has 0 saturated heterocycles. The molecule has 0 aromatic heterocycles. The Hall–Kier alpha value is -1.63. The topological polar surface area (TPSA) is 106 Å². The number of nitro benzene ring substituents is 1. The number of aromatic hydroxyl groups is 1. The molecule has 0 atom stereocenters. The fourth-order valence-electron chi connectivity index (χ4n) is 1.13. The molecule has 0 fully saturated rings. The van der Waals surface area contributed by atoms with Gasteiger partial charge in [-0.2, -0.15) is 0 Å². The number of hydrogen-bond acceptors (Lipinski definition) is 5. The number of carbonyl (C=O) groups excluding carboxylic acids is 1. The molecule has 0 saturated carbocycles. The minimum Gasteiger partial charge on any atom is -0.507 e. The second-order valence-electron chi connectivity index (χ2n) is 2.75. The minimum absolute atomic E-state index is 0.0327. The highest BCUT2D eigenvalue weighted by Gasteiger charge is 2.24. The lowest BCUT2D eigenvalue weighted by Crippen LogP contribution is -2.06. The van der Waals surface area contributed by atoms with Crippen molar-refractivity contribution >= 4 is 33.1 Å². The van der Waals surface area contributed by atoms with Crippen molar-refractivity contribution in [3.8, 4) is 5.75 Å². The van der Waals surface area contributed by atoms with Gasteiger partial charge >= 0.3 is 0 Å². The van der Waals surface area contributed by atoms with Crippen LogP contribution in [0.1, 0.15) is 10.4 Å². The number of phenolic OH excluding ortho intramolecular Hbond substituents is 1. The molecule has 15 heavy (non-hydrogen) atoms. The van der Waals surface area contributed by atoms with Gasteiger partial charge in [-0.3, -0.25) is 14.9 Å². The highest BCUT2D eigenvalue weighted by Crippen LogP contribution is 2.31. The molecule has 7 heteroatoms. The van der Waals surface area contributed by atoms with Gasteiger partial charge < -0.3 is 10.8 Å². The third-order valence-electron chi connectivity index (χ3n) is 1.72. The lowest BCUT2D eigenvalue weighted by molar-refractivity contribution is -0.385. The number of alkyl halides is 1. The Morgan fingerprint density at radius 3 is 2.67 bits per heavy atom. The Kier molecular flexibility index (Phi) is 3.25. The molecule has 0 radical (unpaired) electrons. The molecule has 0 unspecified atom stereocenters. The van der Waals surface area contributed by atoms with Crippen LogP contribution in [0.4, 0.5) is 11.4 Å². The van der Waals surface area contributed by atoms with Crippen LogP contribution in [-0.2, 0) is 0 Å². The zero-order valence-electron chi connectivity index (χ0n) is 7.44. The van der Waals surface area contributed by atoms with Crippen LogP contribution in [0, 0.1) is 10.1 Å². The van der Waals surface area contributed by atoms with E-state index in [9.17, 15) is 20.0 Å². The van der Waals surface area contributed by atoms with Crippen LogP contribution < -0.4 is 5.73 Å². The molecule has 1 aromatic rings. The molecule has 0 aliphatic rings. The maximum absolute atomic E-state index is 11.3. The number of nitrogen functional groups attached to an aromatic ring is 1. The molecule has 1 aromatic carbocycles. The zero-order chi connectivity index (χ0) is 11.6. The molecule has 0 aliphatic heterocycles. The van der Waals surface area contributed by atoms with Crippen LogP contribution in [-0.4, -0.2) is 21.1 Å². The maximum Gasteiger partial charge on any atom is 0.286 e. The van der Waals surface area contributed by atoms with Gasteiger partial charge in [-0.05, 0) is 0 Å². The summed E-state index contributed by atoms with van der Waals surface area (Å²) in [7, 11) is 0. The summed E-state index contributed by atoms with van der Waals surface area (Å²) < 4.78 is 0.